The molecule has 0 amide bonds. The summed E-state index contributed by atoms with van der Waals surface area (Å²) in [6.07, 6.45) is 0. The summed E-state index contributed by atoms with van der Waals surface area (Å²) in [7, 11) is -3.93. The monoisotopic (exact) mass is 242 g/mol. The second-order valence-corrected chi connectivity index (χ2v) is 4.97. The summed E-state index contributed by atoms with van der Waals surface area (Å²) in [5, 5.41) is 0. The molecule has 0 saturated heterocycles. The normalized spacial score (nSPS) is 11.1. The van der Waals surface area contributed by atoms with E-state index >= 15 is 0 Å². The topological polar surface area (TPSA) is 125 Å². The van der Waals surface area contributed by atoms with Crippen molar-refractivity contribution in [2.24, 2.45) is 15.9 Å². The SMILES string of the molecule is Cc1ccc(C)c(S(=O)(=O)N=C(N)N)c1N. The maximum atomic E-state index is 11.8. The van der Waals surface area contributed by atoms with E-state index in [1.165, 1.54) is 0 Å². The number of nitrogens with two attached hydrogens (primary N) is 3. The summed E-state index contributed by atoms with van der Waals surface area (Å²) in [4.78, 5) is -0.0408. The largest absolute Gasteiger partial charge is 0.397 e. The minimum atomic E-state index is -3.93. The third kappa shape index (κ3) is 2.25. The molecule has 0 aliphatic carbocycles. The van der Waals surface area contributed by atoms with Gasteiger partial charge < -0.3 is 17.2 Å². The third-order valence-corrected chi connectivity index (χ3v) is 3.60. The van der Waals surface area contributed by atoms with Crippen LogP contribution in [0, 0.1) is 13.8 Å². The molecule has 0 atom stereocenters. The predicted octanol–water partition coefficient (Wildman–Crippen LogP) is -0.152. The van der Waals surface area contributed by atoms with Crippen LogP contribution in [0.25, 0.3) is 0 Å². The highest BCUT2D eigenvalue weighted by atomic mass is 32.2. The van der Waals surface area contributed by atoms with Gasteiger partial charge in [0.05, 0.1) is 5.69 Å². The molecule has 1 aromatic carbocycles. The average molecular weight is 242 g/mol. The van der Waals surface area contributed by atoms with Gasteiger partial charge in [-0.05, 0) is 25.0 Å². The lowest BCUT2D eigenvalue weighted by atomic mass is 10.1. The number of aryl methyl sites for hydroxylation is 2. The van der Waals surface area contributed by atoms with E-state index in [0.717, 1.165) is 0 Å². The number of guanidine groups is 1. The quantitative estimate of drug-likeness (QED) is 0.378. The molecule has 6 N–H and O–H groups in total. The van der Waals surface area contributed by atoms with E-state index in [0.29, 0.717) is 11.1 Å². The summed E-state index contributed by atoms with van der Waals surface area (Å²) < 4.78 is 26.8. The maximum absolute atomic E-state index is 11.8. The lowest BCUT2D eigenvalue weighted by Crippen LogP contribution is -2.24. The Morgan fingerprint density at radius 1 is 1.19 bits per heavy atom. The van der Waals surface area contributed by atoms with Gasteiger partial charge in [-0.2, -0.15) is 8.42 Å². The van der Waals surface area contributed by atoms with E-state index in [-0.39, 0.29) is 10.6 Å². The predicted molar refractivity (Wildman–Crippen MR) is 63.3 cm³/mol. The average Bonchev–Trinajstić information content (AvgIpc) is 2.09. The maximum Gasteiger partial charge on any atom is 0.287 e. The lowest BCUT2D eigenvalue weighted by molar-refractivity contribution is 0.597. The highest BCUT2D eigenvalue weighted by molar-refractivity contribution is 7.90. The van der Waals surface area contributed by atoms with Crippen LogP contribution < -0.4 is 17.2 Å². The second kappa shape index (κ2) is 4.01. The van der Waals surface area contributed by atoms with Gasteiger partial charge in [-0.3, -0.25) is 0 Å². The van der Waals surface area contributed by atoms with E-state index in [1.807, 2.05) is 0 Å². The van der Waals surface area contributed by atoms with Gasteiger partial charge in [-0.1, -0.05) is 12.1 Å². The van der Waals surface area contributed by atoms with Gasteiger partial charge in [0.2, 0.25) is 5.96 Å². The highest BCUT2D eigenvalue weighted by Crippen LogP contribution is 2.27. The molecule has 0 heterocycles. The van der Waals surface area contributed by atoms with E-state index in [2.05, 4.69) is 4.40 Å². The molecular weight excluding hydrogens is 228 g/mol. The van der Waals surface area contributed by atoms with Gasteiger partial charge in [-0.15, -0.1) is 4.40 Å². The number of nitrogen functional groups attached to an aromatic ring is 1. The van der Waals surface area contributed by atoms with Gasteiger partial charge >= 0.3 is 0 Å². The molecule has 1 rings (SSSR count). The number of benzene rings is 1. The number of sulfonamides is 1. The number of hydrogen-bond donors (Lipinski definition) is 3. The minimum Gasteiger partial charge on any atom is -0.397 e. The molecule has 88 valence electrons. The van der Waals surface area contributed by atoms with Crippen molar-refractivity contribution in [3.63, 3.8) is 0 Å². The summed E-state index contributed by atoms with van der Waals surface area (Å²) in [5.74, 6) is -0.514. The molecule has 0 radical (unpaired) electrons. The molecule has 0 aliphatic rings. The van der Waals surface area contributed by atoms with Crippen LogP contribution in [0.1, 0.15) is 11.1 Å². The molecule has 0 unspecified atom stereocenters. The fourth-order valence-electron chi connectivity index (χ4n) is 1.33. The Kier molecular flexibility index (Phi) is 3.09. The third-order valence-electron chi connectivity index (χ3n) is 2.09. The van der Waals surface area contributed by atoms with E-state index in [1.54, 1.807) is 26.0 Å². The zero-order chi connectivity index (χ0) is 12.5. The fourth-order valence-corrected chi connectivity index (χ4v) is 2.62. The number of hydrogen-bond acceptors (Lipinski definition) is 3. The van der Waals surface area contributed by atoms with Gasteiger partial charge in [0.15, 0.2) is 0 Å². The van der Waals surface area contributed by atoms with Crippen molar-refractivity contribution in [1.82, 2.24) is 0 Å². The van der Waals surface area contributed by atoms with Crippen LogP contribution in [0.4, 0.5) is 5.69 Å². The standard InChI is InChI=1S/C9H14N4O2S/c1-5-3-4-6(2)8(7(5)10)16(14,15)13-9(11)12/h3-4H,10H2,1-2H3,(H4,11,12,13). The van der Waals surface area contributed by atoms with Crippen LogP contribution in [0.5, 0.6) is 0 Å². The van der Waals surface area contributed by atoms with Gasteiger partial charge in [0, 0.05) is 0 Å². The molecule has 0 aliphatic heterocycles. The van der Waals surface area contributed by atoms with Crippen molar-refractivity contribution in [1.29, 1.82) is 0 Å². The molecule has 0 fully saturated rings. The molecule has 1 aromatic rings. The van der Waals surface area contributed by atoms with Crippen molar-refractivity contribution in [3.05, 3.63) is 23.3 Å². The van der Waals surface area contributed by atoms with Crippen LogP contribution in [-0.2, 0) is 10.0 Å². The molecular formula is C9H14N4O2S. The first-order chi connectivity index (χ1) is 7.25. The first-order valence-electron chi connectivity index (χ1n) is 4.47. The molecule has 16 heavy (non-hydrogen) atoms. The van der Waals surface area contributed by atoms with Crippen LogP contribution in [-0.4, -0.2) is 14.4 Å². The lowest BCUT2D eigenvalue weighted by Gasteiger charge is -2.09. The molecule has 0 bridgehead atoms. The summed E-state index contributed by atoms with van der Waals surface area (Å²) in [5.41, 5.74) is 17.2. The van der Waals surface area contributed by atoms with Crippen molar-refractivity contribution in [3.8, 4) is 0 Å². The second-order valence-electron chi connectivity index (χ2n) is 3.43. The Labute approximate surface area is 94.2 Å². The Bertz CT molecular complexity index is 545. The molecule has 0 aromatic heterocycles. The molecule has 6 nitrogen and oxygen atoms in total. The van der Waals surface area contributed by atoms with Crippen LogP contribution in [0.2, 0.25) is 0 Å². The zero-order valence-electron chi connectivity index (χ0n) is 9.06. The smallest absolute Gasteiger partial charge is 0.287 e. The van der Waals surface area contributed by atoms with Gasteiger partial charge in [-0.25, -0.2) is 0 Å². The molecule has 7 heteroatoms. The van der Waals surface area contributed by atoms with Crippen molar-refractivity contribution < 1.29 is 8.42 Å². The Hall–Kier alpha value is -1.76. The fraction of sp³-hybridized carbons (Fsp3) is 0.222. The minimum absolute atomic E-state index is 0.0408. The number of rotatable bonds is 2. The van der Waals surface area contributed by atoms with Crippen LogP contribution in [0.15, 0.2) is 21.4 Å². The van der Waals surface area contributed by atoms with E-state index in [9.17, 15) is 8.42 Å². The van der Waals surface area contributed by atoms with Crippen LogP contribution in [0.3, 0.4) is 0 Å². The van der Waals surface area contributed by atoms with Crippen molar-refractivity contribution in [2.45, 2.75) is 18.7 Å². The zero-order valence-corrected chi connectivity index (χ0v) is 9.88. The Balaban J connectivity index is 3.57. The first kappa shape index (κ1) is 12.3. The summed E-state index contributed by atoms with van der Waals surface area (Å²) in [6.45, 7) is 3.34. The molecule has 0 spiro atoms. The van der Waals surface area contributed by atoms with E-state index in [4.69, 9.17) is 17.2 Å². The summed E-state index contributed by atoms with van der Waals surface area (Å²) in [6, 6.07) is 3.39. The van der Waals surface area contributed by atoms with Gasteiger partial charge in [0.25, 0.3) is 10.0 Å². The Morgan fingerprint density at radius 2 is 1.69 bits per heavy atom. The molecule has 0 saturated carbocycles. The van der Waals surface area contributed by atoms with Gasteiger partial charge in [0.1, 0.15) is 4.90 Å². The highest BCUT2D eigenvalue weighted by Gasteiger charge is 2.20. The Morgan fingerprint density at radius 3 is 2.19 bits per heavy atom. The number of nitrogens with zero attached hydrogens (tertiary/aromatic N) is 1. The first-order valence-corrected chi connectivity index (χ1v) is 5.91. The van der Waals surface area contributed by atoms with E-state index < -0.39 is 16.0 Å². The van der Waals surface area contributed by atoms with Crippen molar-refractivity contribution >= 4 is 21.7 Å². The van der Waals surface area contributed by atoms with Crippen LogP contribution >= 0.6 is 0 Å². The number of anilines is 1. The van der Waals surface area contributed by atoms with Crippen molar-refractivity contribution in [2.75, 3.05) is 5.73 Å². The summed E-state index contributed by atoms with van der Waals surface area (Å²) >= 11 is 0.